The van der Waals surface area contributed by atoms with Crippen LogP contribution in [0, 0.1) is 5.92 Å². The first-order valence-electron chi connectivity index (χ1n) is 12.2. The number of benzene rings is 2. The number of unbranched alkanes of at least 4 members (excludes halogenated alkanes) is 1. The van der Waals surface area contributed by atoms with Gasteiger partial charge in [-0.2, -0.15) is 0 Å². The lowest BCUT2D eigenvalue weighted by atomic mass is 9.87. The van der Waals surface area contributed by atoms with Crippen molar-refractivity contribution in [3.63, 3.8) is 0 Å². The summed E-state index contributed by atoms with van der Waals surface area (Å²) in [4.78, 5) is 16.6. The van der Waals surface area contributed by atoms with E-state index >= 15 is 0 Å². The van der Waals surface area contributed by atoms with Crippen molar-refractivity contribution < 1.29 is 9.53 Å². The number of nitrogens with zero attached hydrogens (tertiary/aromatic N) is 2. The molecule has 33 heavy (non-hydrogen) atoms. The molecule has 0 aliphatic carbocycles. The molecule has 3 aromatic rings. The van der Waals surface area contributed by atoms with Crippen LogP contribution in [-0.4, -0.2) is 28.6 Å². The minimum absolute atomic E-state index is 0.0215. The molecule has 1 amide bonds. The predicted molar refractivity (Wildman–Crippen MR) is 136 cm³/mol. The van der Waals surface area contributed by atoms with Crippen molar-refractivity contribution in [2.45, 2.75) is 72.3 Å². The van der Waals surface area contributed by atoms with Crippen LogP contribution >= 0.6 is 0 Å². The average Bonchev–Trinajstić information content (AvgIpc) is 3.13. The van der Waals surface area contributed by atoms with E-state index in [1.807, 2.05) is 19.9 Å². The Morgan fingerprint density at radius 1 is 1.03 bits per heavy atom. The monoisotopic (exact) mass is 449 g/mol. The Hall–Kier alpha value is -2.82. The van der Waals surface area contributed by atoms with Gasteiger partial charge in [0.25, 0.3) is 0 Å². The second kappa shape index (κ2) is 11.4. The normalized spacial score (nSPS) is 11.8. The number of imidazole rings is 1. The van der Waals surface area contributed by atoms with Gasteiger partial charge in [0.05, 0.1) is 17.6 Å². The zero-order valence-corrected chi connectivity index (χ0v) is 20.9. The minimum Gasteiger partial charge on any atom is -0.494 e. The molecule has 2 aromatic carbocycles. The molecule has 0 spiro atoms. The Bertz CT molecular complexity index is 1030. The van der Waals surface area contributed by atoms with Gasteiger partial charge in [-0.15, -0.1) is 0 Å². The smallest absolute Gasteiger partial charge is 0.222 e. The highest BCUT2D eigenvalue weighted by Crippen LogP contribution is 2.24. The number of hydrogen-bond acceptors (Lipinski definition) is 3. The Morgan fingerprint density at radius 3 is 2.45 bits per heavy atom. The maximum atomic E-state index is 11.8. The lowest BCUT2D eigenvalue weighted by molar-refractivity contribution is -0.123. The van der Waals surface area contributed by atoms with E-state index in [2.05, 4.69) is 73.1 Å². The van der Waals surface area contributed by atoms with E-state index in [0.717, 1.165) is 49.3 Å². The fourth-order valence-corrected chi connectivity index (χ4v) is 3.84. The number of rotatable bonds is 11. The van der Waals surface area contributed by atoms with Crippen LogP contribution in [0.3, 0.4) is 0 Å². The van der Waals surface area contributed by atoms with E-state index in [-0.39, 0.29) is 17.2 Å². The Balaban J connectivity index is 1.50. The number of aryl methyl sites for hydroxylation is 2. The van der Waals surface area contributed by atoms with Crippen LogP contribution in [0.5, 0.6) is 5.75 Å². The molecular formula is C28H39N3O2. The average molecular weight is 450 g/mol. The van der Waals surface area contributed by atoms with Gasteiger partial charge in [0.2, 0.25) is 5.91 Å². The van der Waals surface area contributed by atoms with Gasteiger partial charge in [-0.1, -0.05) is 58.9 Å². The van der Waals surface area contributed by atoms with E-state index < -0.39 is 0 Å². The summed E-state index contributed by atoms with van der Waals surface area (Å²) < 4.78 is 8.30. The Kier molecular flexibility index (Phi) is 8.54. The largest absolute Gasteiger partial charge is 0.494 e. The standard InChI is InChI=1S/C28H39N3O2/c1-21(2)27(32)29-18-10-13-26-30-24-11-6-7-12-25(24)31(26)19-8-9-20-33-23-16-14-22(15-17-23)28(3,4)5/h6-7,11-12,14-17,21H,8-10,13,18-20H2,1-5H3,(H,29,32). The second-order valence-corrected chi connectivity index (χ2v) is 10.0. The molecule has 0 fully saturated rings. The third-order valence-electron chi connectivity index (χ3n) is 5.90. The van der Waals surface area contributed by atoms with Crippen LogP contribution in [0.15, 0.2) is 48.5 Å². The Morgan fingerprint density at radius 2 is 1.76 bits per heavy atom. The number of fused-ring (bicyclic) bond motifs is 1. The minimum atomic E-state index is 0.0215. The summed E-state index contributed by atoms with van der Waals surface area (Å²) in [5.74, 6) is 2.15. The molecule has 0 aliphatic heterocycles. The summed E-state index contributed by atoms with van der Waals surface area (Å²) in [5.41, 5.74) is 3.69. The summed E-state index contributed by atoms with van der Waals surface area (Å²) in [6.07, 6.45) is 3.74. The highest BCUT2D eigenvalue weighted by Gasteiger charge is 2.13. The highest BCUT2D eigenvalue weighted by molar-refractivity contribution is 5.77. The van der Waals surface area contributed by atoms with Gasteiger partial charge in [-0.3, -0.25) is 4.79 Å². The van der Waals surface area contributed by atoms with Gasteiger partial charge >= 0.3 is 0 Å². The van der Waals surface area contributed by atoms with Gasteiger partial charge in [0, 0.05) is 25.4 Å². The van der Waals surface area contributed by atoms with E-state index in [4.69, 9.17) is 9.72 Å². The van der Waals surface area contributed by atoms with Crippen molar-refractivity contribution in [1.82, 2.24) is 14.9 Å². The number of nitrogens with one attached hydrogen (secondary N) is 1. The fraction of sp³-hybridized carbons (Fsp3) is 0.500. The predicted octanol–water partition coefficient (Wildman–Crippen LogP) is 5.90. The molecule has 5 nitrogen and oxygen atoms in total. The van der Waals surface area contributed by atoms with Gasteiger partial charge < -0.3 is 14.6 Å². The van der Waals surface area contributed by atoms with Crippen molar-refractivity contribution in [3.8, 4) is 5.75 Å². The molecule has 0 aliphatic rings. The van der Waals surface area contributed by atoms with Crippen molar-refractivity contribution >= 4 is 16.9 Å². The van der Waals surface area contributed by atoms with E-state index in [0.29, 0.717) is 13.2 Å². The van der Waals surface area contributed by atoms with Crippen molar-refractivity contribution in [1.29, 1.82) is 0 Å². The number of amides is 1. The molecule has 0 saturated heterocycles. The van der Waals surface area contributed by atoms with Crippen LogP contribution in [0.2, 0.25) is 0 Å². The van der Waals surface area contributed by atoms with Crippen LogP contribution < -0.4 is 10.1 Å². The van der Waals surface area contributed by atoms with Crippen LogP contribution in [0.4, 0.5) is 0 Å². The molecule has 1 N–H and O–H groups in total. The summed E-state index contributed by atoms with van der Waals surface area (Å²) in [5, 5.41) is 3.00. The van der Waals surface area contributed by atoms with Crippen LogP contribution in [0.1, 0.15) is 65.3 Å². The lowest BCUT2D eigenvalue weighted by Gasteiger charge is -2.19. The molecule has 5 heteroatoms. The number of ether oxygens (including phenoxy) is 1. The van der Waals surface area contributed by atoms with Gasteiger partial charge in [0.1, 0.15) is 11.6 Å². The molecule has 3 rings (SSSR count). The number of aromatic nitrogens is 2. The maximum Gasteiger partial charge on any atom is 0.222 e. The second-order valence-electron chi connectivity index (χ2n) is 10.0. The first kappa shape index (κ1) is 24.8. The summed E-state index contributed by atoms with van der Waals surface area (Å²) in [6.45, 7) is 12.8. The third kappa shape index (κ3) is 7.08. The molecule has 1 aromatic heterocycles. The molecule has 0 saturated carbocycles. The van der Waals surface area contributed by atoms with E-state index in [9.17, 15) is 4.79 Å². The lowest BCUT2D eigenvalue weighted by Crippen LogP contribution is -2.28. The highest BCUT2D eigenvalue weighted by atomic mass is 16.5. The van der Waals surface area contributed by atoms with Crippen molar-refractivity contribution in [2.75, 3.05) is 13.2 Å². The quantitative estimate of drug-likeness (QED) is 0.371. The molecule has 1 heterocycles. The molecular weight excluding hydrogens is 410 g/mol. The molecule has 0 bridgehead atoms. The molecule has 0 atom stereocenters. The summed E-state index contributed by atoms with van der Waals surface area (Å²) in [7, 11) is 0. The summed E-state index contributed by atoms with van der Waals surface area (Å²) >= 11 is 0. The number of para-hydroxylation sites is 2. The zero-order valence-electron chi connectivity index (χ0n) is 20.9. The first-order chi connectivity index (χ1) is 15.8. The topological polar surface area (TPSA) is 56.2 Å². The molecule has 178 valence electrons. The number of carbonyl (C=O) groups is 1. The first-order valence-corrected chi connectivity index (χ1v) is 12.2. The molecule has 0 unspecified atom stereocenters. The fourth-order valence-electron chi connectivity index (χ4n) is 3.84. The SMILES string of the molecule is CC(C)C(=O)NCCCc1nc2ccccc2n1CCCCOc1ccc(C(C)(C)C)cc1. The number of hydrogen-bond donors (Lipinski definition) is 1. The van der Waals surface area contributed by atoms with Gasteiger partial charge in [-0.05, 0) is 54.5 Å². The van der Waals surface area contributed by atoms with E-state index in [1.54, 1.807) is 0 Å². The zero-order chi connectivity index (χ0) is 23.8. The van der Waals surface area contributed by atoms with Crippen molar-refractivity contribution in [3.05, 3.63) is 59.9 Å². The van der Waals surface area contributed by atoms with Crippen LogP contribution in [0.25, 0.3) is 11.0 Å². The molecule has 0 radical (unpaired) electrons. The summed E-state index contributed by atoms with van der Waals surface area (Å²) in [6, 6.07) is 16.8. The van der Waals surface area contributed by atoms with Gasteiger partial charge in [0.15, 0.2) is 0 Å². The number of carbonyl (C=O) groups excluding carboxylic acids is 1. The third-order valence-corrected chi connectivity index (χ3v) is 5.90. The van der Waals surface area contributed by atoms with E-state index in [1.165, 1.54) is 11.1 Å². The van der Waals surface area contributed by atoms with Crippen molar-refractivity contribution in [2.24, 2.45) is 5.92 Å². The maximum absolute atomic E-state index is 11.8. The Labute approximate surface area is 198 Å². The van der Waals surface area contributed by atoms with Gasteiger partial charge in [-0.25, -0.2) is 4.98 Å². The van der Waals surface area contributed by atoms with Crippen LogP contribution in [-0.2, 0) is 23.2 Å².